The molecule has 2 rings (SSSR count). The van der Waals surface area contributed by atoms with Crippen molar-refractivity contribution in [2.24, 2.45) is 5.14 Å². The van der Waals surface area contributed by atoms with E-state index in [0.29, 0.717) is 23.6 Å². The molecular formula is C13H13ClN2O3S2. The minimum Gasteiger partial charge on any atom is -0.352 e. The van der Waals surface area contributed by atoms with Crippen molar-refractivity contribution in [2.75, 3.05) is 6.54 Å². The number of rotatable bonds is 5. The van der Waals surface area contributed by atoms with Gasteiger partial charge >= 0.3 is 0 Å². The van der Waals surface area contributed by atoms with Gasteiger partial charge in [0.05, 0.1) is 10.6 Å². The molecule has 0 radical (unpaired) electrons. The molecule has 0 unspecified atom stereocenters. The van der Waals surface area contributed by atoms with E-state index in [9.17, 15) is 13.2 Å². The van der Waals surface area contributed by atoms with Crippen molar-refractivity contribution in [3.8, 4) is 0 Å². The summed E-state index contributed by atoms with van der Waals surface area (Å²) in [4.78, 5) is 12.7. The van der Waals surface area contributed by atoms with Crippen molar-refractivity contribution in [2.45, 2.75) is 10.6 Å². The van der Waals surface area contributed by atoms with Gasteiger partial charge in [-0.15, -0.1) is 11.3 Å². The van der Waals surface area contributed by atoms with Gasteiger partial charge in [0.15, 0.2) is 0 Å². The van der Waals surface area contributed by atoms with Gasteiger partial charge in [-0.3, -0.25) is 4.79 Å². The van der Waals surface area contributed by atoms with Crippen LogP contribution in [-0.4, -0.2) is 20.9 Å². The van der Waals surface area contributed by atoms with E-state index in [1.54, 1.807) is 30.3 Å². The minimum atomic E-state index is -3.66. The fourth-order valence-electron chi connectivity index (χ4n) is 1.69. The van der Waals surface area contributed by atoms with Gasteiger partial charge < -0.3 is 5.32 Å². The van der Waals surface area contributed by atoms with Crippen LogP contribution in [0, 0.1) is 0 Å². The highest BCUT2D eigenvalue weighted by atomic mass is 35.5. The molecule has 1 heterocycles. The molecule has 21 heavy (non-hydrogen) atoms. The summed E-state index contributed by atoms with van der Waals surface area (Å²) in [6, 6.07) is 9.92. The first-order valence-corrected chi connectivity index (χ1v) is 8.76. The van der Waals surface area contributed by atoms with Crippen molar-refractivity contribution in [1.82, 2.24) is 5.32 Å². The lowest BCUT2D eigenvalue weighted by Gasteiger charge is -2.05. The maximum atomic E-state index is 11.9. The number of amides is 1. The molecule has 0 aliphatic heterocycles. The summed E-state index contributed by atoms with van der Waals surface area (Å²) in [5.74, 6) is -0.260. The number of carbonyl (C=O) groups is 1. The van der Waals surface area contributed by atoms with E-state index in [0.717, 1.165) is 16.2 Å². The van der Waals surface area contributed by atoms with Crippen LogP contribution in [0.5, 0.6) is 0 Å². The van der Waals surface area contributed by atoms with Gasteiger partial charge in [0.25, 0.3) is 5.91 Å². The van der Waals surface area contributed by atoms with Gasteiger partial charge in [0.1, 0.15) is 4.21 Å². The van der Waals surface area contributed by atoms with Crippen LogP contribution in [-0.2, 0) is 16.4 Å². The zero-order valence-electron chi connectivity index (χ0n) is 10.9. The number of benzene rings is 1. The molecule has 0 fully saturated rings. The Bertz CT molecular complexity index is 756. The Labute approximate surface area is 131 Å². The number of hydrogen-bond acceptors (Lipinski definition) is 4. The normalized spacial score (nSPS) is 11.3. The van der Waals surface area contributed by atoms with Crippen LogP contribution in [0.4, 0.5) is 0 Å². The maximum Gasteiger partial charge on any atom is 0.252 e. The average molecular weight is 345 g/mol. The smallest absolute Gasteiger partial charge is 0.252 e. The second kappa shape index (κ2) is 6.57. The quantitative estimate of drug-likeness (QED) is 0.869. The molecule has 5 nitrogen and oxygen atoms in total. The topological polar surface area (TPSA) is 89.3 Å². The van der Waals surface area contributed by atoms with Gasteiger partial charge in [0, 0.05) is 11.4 Å². The Kier molecular flexibility index (Phi) is 5.00. The first-order valence-electron chi connectivity index (χ1n) is 6.02. The zero-order chi connectivity index (χ0) is 15.5. The lowest BCUT2D eigenvalue weighted by atomic mass is 10.2. The first kappa shape index (κ1) is 16.0. The maximum absolute atomic E-state index is 11.9. The van der Waals surface area contributed by atoms with Gasteiger partial charge in [-0.05, 0) is 30.7 Å². The Morgan fingerprint density at radius 2 is 1.95 bits per heavy atom. The second-order valence-electron chi connectivity index (χ2n) is 4.25. The molecule has 112 valence electrons. The lowest BCUT2D eigenvalue weighted by Crippen LogP contribution is -2.25. The van der Waals surface area contributed by atoms with E-state index in [1.807, 2.05) is 0 Å². The molecule has 0 bridgehead atoms. The molecule has 0 saturated heterocycles. The molecule has 1 aromatic heterocycles. The molecule has 0 aliphatic carbocycles. The number of thiophene rings is 1. The first-order chi connectivity index (χ1) is 9.88. The predicted molar refractivity (Wildman–Crippen MR) is 83.2 cm³/mol. The van der Waals surface area contributed by atoms with Gasteiger partial charge in [0.2, 0.25) is 10.0 Å². The lowest BCUT2D eigenvalue weighted by molar-refractivity contribution is 0.0954. The average Bonchev–Trinajstić information content (AvgIpc) is 2.88. The summed E-state index contributed by atoms with van der Waals surface area (Å²) in [5, 5.41) is 8.17. The number of carbonyl (C=O) groups excluding carboxylic acids is 1. The van der Waals surface area contributed by atoms with E-state index in [2.05, 4.69) is 5.32 Å². The highest BCUT2D eigenvalue weighted by Gasteiger charge is 2.12. The predicted octanol–water partition coefficient (Wildman–Crippen LogP) is 2.02. The Balaban J connectivity index is 1.92. The van der Waals surface area contributed by atoms with Crippen LogP contribution in [0.2, 0.25) is 5.02 Å². The molecule has 0 saturated carbocycles. The highest BCUT2D eigenvalue weighted by Crippen LogP contribution is 2.20. The summed E-state index contributed by atoms with van der Waals surface area (Å²) in [6.45, 7) is 0.384. The molecule has 0 aliphatic rings. The summed E-state index contributed by atoms with van der Waals surface area (Å²) in [7, 11) is -3.66. The van der Waals surface area contributed by atoms with Crippen molar-refractivity contribution >= 4 is 38.9 Å². The van der Waals surface area contributed by atoms with Gasteiger partial charge in [-0.1, -0.05) is 23.7 Å². The summed E-state index contributed by atoms with van der Waals surface area (Å²) in [6.07, 6.45) is 0.524. The molecule has 8 heteroatoms. The Morgan fingerprint density at radius 1 is 1.24 bits per heavy atom. The highest BCUT2D eigenvalue weighted by molar-refractivity contribution is 7.91. The monoisotopic (exact) mass is 344 g/mol. The number of halogens is 1. The summed E-state index contributed by atoms with van der Waals surface area (Å²) >= 11 is 7.03. The van der Waals surface area contributed by atoms with Crippen molar-refractivity contribution in [3.05, 3.63) is 51.9 Å². The van der Waals surface area contributed by atoms with Crippen LogP contribution < -0.4 is 10.5 Å². The Morgan fingerprint density at radius 3 is 2.57 bits per heavy atom. The summed E-state index contributed by atoms with van der Waals surface area (Å²) < 4.78 is 22.4. The fraction of sp³-hybridized carbons (Fsp3) is 0.154. The SMILES string of the molecule is NS(=O)(=O)c1ccc(CCNC(=O)c2ccccc2Cl)s1. The van der Waals surface area contributed by atoms with Crippen LogP contribution in [0.15, 0.2) is 40.6 Å². The summed E-state index contributed by atoms with van der Waals surface area (Å²) in [5.41, 5.74) is 0.413. The van der Waals surface area contributed by atoms with E-state index in [1.165, 1.54) is 6.07 Å². The van der Waals surface area contributed by atoms with Crippen LogP contribution >= 0.6 is 22.9 Å². The molecule has 0 spiro atoms. The third kappa shape index (κ3) is 4.28. The number of sulfonamides is 1. The van der Waals surface area contributed by atoms with Gasteiger partial charge in [-0.25, -0.2) is 13.6 Å². The third-order valence-electron chi connectivity index (χ3n) is 2.69. The molecular weight excluding hydrogens is 332 g/mol. The van der Waals surface area contributed by atoms with Crippen molar-refractivity contribution in [3.63, 3.8) is 0 Å². The largest absolute Gasteiger partial charge is 0.352 e. The molecule has 1 amide bonds. The van der Waals surface area contributed by atoms with E-state index < -0.39 is 10.0 Å². The Hall–Kier alpha value is -1.41. The van der Waals surface area contributed by atoms with E-state index in [-0.39, 0.29) is 10.1 Å². The number of hydrogen-bond donors (Lipinski definition) is 2. The van der Waals surface area contributed by atoms with E-state index in [4.69, 9.17) is 16.7 Å². The van der Waals surface area contributed by atoms with Gasteiger partial charge in [-0.2, -0.15) is 0 Å². The van der Waals surface area contributed by atoms with Crippen LogP contribution in [0.3, 0.4) is 0 Å². The van der Waals surface area contributed by atoms with Crippen molar-refractivity contribution < 1.29 is 13.2 Å². The van der Waals surface area contributed by atoms with E-state index >= 15 is 0 Å². The number of primary sulfonamides is 1. The number of nitrogens with one attached hydrogen (secondary N) is 1. The molecule has 2 aromatic rings. The fourth-order valence-corrected chi connectivity index (χ4v) is 3.69. The minimum absolute atomic E-state index is 0.120. The molecule has 3 N–H and O–H groups in total. The van der Waals surface area contributed by atoms with Crippen molar-refractivity contribution in [1.29, 1.82) is 0 Å². The molecule has 1 aromatic carbocycles. The standard InChI is InChI=1S/C13H13ClN2O3S2/c14-11-4-2-1-3-10(11)13(17)16-8-7-9-5-6-12(20-9)21(15,18)19/h1-6H,7-8H2,(H,16,17)(H2,15,18,19). The number of nitrogens with two attached hydrogens (primary N) is 1. The molecule has 0 atom stereocenters. The van der Waals surface area contributed by atoms with Crippen LogP contribution in [0.1, 0.15) is 15.2 Å². The second-order valence-corrected chi connectivity index (χ2v) is 7.62. The zero-order valence-corrected chi connectivity index (χ0v) is 13.3. The third-order valence-corrected chi connectivity index (χ3v) is 5.61. The van der Waals surface area contributed by atoms with Crippen LogP contribution in [0.25, 0.3) is 0 Å².